The van der Waals surface area contributed by atoms with E-state index in [4.69, 9.17) is 25.9 Å². The monoisotopic (exact) mass is 463 g/mol. The van der Waals surface area contributed by atoms with Crippen LogP contribution < -0.4 is 4.90 Å². The molecule has 0 atom stereocenters. The van der Waals surface area contributed by atoms with Crippen LogP contribution in [-0.4, -0.2) is 30.3 Å². The van der Waals surface area contributed by atoms with Crippen LogP contribution in [0.1, 0.15) is 29.0 Å². The summed E-state index contributed by atoms with van der Waals surface area (Å²) in [7, 11) is 0. The molecule has 28 heavy (non-hydrogen) atoms. The number of fused-ring (bicyclic) bond motifs is 1. The van der Waals surface area contributed by atoms with Gasteiger partial charge in [0, 0.05) is 29.6 Å². The molecule has 0 unspecified atom stereocenters. The summed E-state index contributed by atoms with van der Waals surface area (Å²) in [6.45, 7) is 2.30. The van der Waals surface area contributed by atoms with Crippen LogP contribution >= 0.6 is 27.5 Å². The van der Waals surface area contributed by atoms with Crippen molar-refractivity contribution in [2.24, 2.45) is 0 Å². The van der Waals surface area contributed by atoms with E-state index in [0.29, 0.717) is 12.2 Å². The number of carbonyl (C=O) groups is 1. The van der Waals surface area contributed by atoms with Crippen molar-refractivity contribution in [3.05, 3.63) is 63.3 Å². The maximum atomic E-state index is 11.1. The summed E-state index contributed by atoms with van der Waals surface area (Å²) in [4.78, 5) is 13.4. The van der Waals surface area contributed by atoms with E-state index in [1.807, 2.05) is 36.4 Å². The van der Waals surface area contributed by atoms with Crippen molar-refractivity contribution in [2.75, 3.05) is 18.0 Å². The molecule has 1 fully saturated rings. The molecule has 7 heteroatoms. The summed E-state index contributed by atoms with van der Waals surface area (Å²) < 4.78 is 12.3. The van der Waals surface area contributed by atoms with E-state index in [9.17, 15) is 4.79 Å². The van der Waals surface area contributed by atoms with E-state index >= 15 is 0 Å². The third-order valence-corrected chi connectivity index (χ3v) is 6.05. The van der Waals surface area contributed by atoms with Gasteiger partial charge in [-0.3, -0.25) is 0 Å². The summed E-state index contributed by atoms with van der Waals surface area (Å²) >= 11 is 9.65. The average molecular weight is 465 g/mol. The zero-order valence-corrected chi connectivity index (χ0v) is 17.4. The Bertz CT molecular complexity index is 1010. The van der Waals surface area contributed by atoms with E-state index in [0.717, 1.165) is 52.1 Å². The SMILES string of the molecule is O=C(O)c1cc2c(Br)c(N3CCC(OCc4cccc(Cl)c4)CC3)ccc2o1. The molecular weight excluding hydrogens is 446 g/mol. The van der Waals surface area contributed by atoms with E-state index in [2.05, 4.69) is 20.8 Å². The first-order chi connectivity index (χ1) is 13.5. The molecule has 1 aromatic heterocycles. The highest BCUT2D eigenvalue weighted by molar-refractivity contribution is 9.10. The summed E-state index contributed by atoms with van der Waals surface area (Å²) in [5.74, 6) is -1.12. The molecule has 2 aromatic carbocycles. The van der Waals surface area contributed by atoms with Crippen LogP contribution in [0.5, 0.6) is 0 Å². The third kappa shape index (κ3) is 4.04. The summed E-state index contributed by atoms with van der Waals surface area (Å²) in [6.07, 6.45) is 2.07. The van der Waals surface area contributed by atoms with E-state index in [1.54, 1.807) is 6.07 Å². The van der Waals surface area contributed by atoms with Crippen molar-refractivity contribution in [3.8, 4) is 0 Å². The number of hydrogen-bond acceptors (Lipinski definition) is 4. The Balaban J connectivity index is 1.40. The molecule has 3 aromatic rings. The van der Waals surface area contributed by atoms with Crippen LogP contribution in [0.4, 0.5) is 5.69 Å². The Morgan fingerprint density at radius 3 is 2.75 bits per heavy atom. The molecule has 146 valence electrons. The lowest BCUT2D eigenvalue weighted by Gasteiger charge is -2.34. The minimum atomic E-state index is -1.07. The molecule has 2 heterocycles. The molecule has 0 aliphatic carbocycles. The third-order valence-electron chi connectivity index (χ3n) is 4.98. The molecule has 0 radical (unpaired) electrons. The molecule has 1 N–H and O–H groups in total. The maximum Gasteiger partial charge on any atom is 0.371 e. The highest BCUT2D eigenvalue weighted by atomic mass is 79.9. The quantitative estimate of drug-likeness (QED) is 0.522. The zero-order valence-electron chi connectivity index (χ0n) is 15.0. The average Bonchev–Trinajstić information content (AvgIpc) is 3.13. The fourth-order valence-corrected chi connectivity index (χ4v) is 4.43. The number of furan rings is 1. The largest absolute Gasteiger partial charge is 0.475 e. The van der Waals surface area contributed by atoms with Gasteiger partial charge in [-0.1, -0.05) is 23.7 Å². The first kappa shape index (κ1) is 19.3. The van der Waals surface area contributed by atoms with Crippen LogP contribution in [0, 0.1) is 0 Å². The van der Waals surface area contributed by atoms with E-state index in [-0.39, 0.29) is 11.9 Å². The second-order valence-electron chi connectivity index (χ2n) is 6.85. The van der Waals surface area contributed by atoms with Gasteiger partial charge in [0.1, 0.15) is 5.58 Å². The first-order valence-corrected chi connectivity index (χ1v) is 10.2. The van der Waals surface area contributed by atoms with Gasteiger partial charge in [-0.25, -0.2) is 4.79 Å². The van der Waals surface area contributed by atoms with Crippen LogP contribution in [0.2, 0.25) is 5.02 Å². The number of piperidine rings is 1. The Morgan fingerprint density at radius 1 is 1.25 bits per heavy atom. The van der Waals surface area contributed by atoms with Gasteiger partial charge in [0.15, 0.2) is 0 Å². The van der Waals surface area contributed by atoms with Gasteiger partial charge in [0.2, 0.25) is 5.76 Å². The lowest BCUT2D eigenvalue weighted by atomic mass is 10.1. The number of ether oxygens (including phenoxy) is 1. The number of rotatable bonds is 5. The lowest BCUT2D eigenvalue weighted by Crippen LogP contribution is -2.37. The van der Waals surface area contributed by atoms with Gasteiger partial charge in [-0.15, -0.1) is 0 Å². The number of carboxylic acids is 1. The van der Waals surface area contributed by atoms with Crippen molar-refractivity contribution in [2.45, 2.75) is 25.6 Å². The Morgan fingerprint density at radius 2 is 2.04 bits per heavy atom. The highest BCUT2D eigenvalue weighted by Gasteiger charge is 2.23. The minimum Gasteiger partial charge on any atom is -0.475 e. The predicted octanol–water partition coefficient (Wildman–Crippen LogP) is 5.73. The standard InChI is InChI=1S/C21H19BrClNO4/c22-20-16-11-19(21(25)26)28-18(16)5-4-17(20)24-8-6-15(7-9-24)27-12-13-2-1-3-14(23)10-13/h1-5,10-11,15H,6-9,12H2,(H,25,26). The van der Waals surface area contributed by atoms with Crippen LogP contribution in [0.25, 0.3) is 11.0 Å². The van der Waals surface area contributed by atoms with Crippen molar-refractivity contribution < 1.29 is 19.1 Å². The Labute approximate surface area is 176 Å². The van der Waals surface area contributed by atoms with Crippen molar-refractivity contribution in [3.63, 3.8) is 0 Å². The van der Waals surface area contributed by atoms with Gasteiger partial charge in [0.25, 0.3) is 0 Å². The summed E-state index contributed by atoms with van der Waals surface area (Å²) in [6, 6.07) is 13.1. The molecule has 4 rings (SSSR count). The van der Waals surface area contributed by atoms with Crippen LogP contribution in [0.3, 0.4) is 0 Å². The van der Waals surface area contributed by atoms with Crippen molar-refractivity contribution in [1.82, 2.24) is 0 Å². The number of aromatic carboxylic acids is 1. The Kier molecular flexibility index (Phi) is 5.62. The summed E-state index contributed by atoms with van der Waals surface area (Å²) in [5, 5.41) is 10.6. The number of benzene rings is 2. The molecule has 0 spiro atoms. The van der Waals surface area contributed by atoms with E-state index in [1.165, 1.54) is 0 Å². The number of hydrogen-bond donors (Lipinski definition) is 1. The number of nitrogens with zero attached hydrogens (tertiary/aromatic N) is 1. The van der Waals surface area contributed by atoms with Crippen molar-refractivity contribution in [1.29, 1.82) is 0 Å². The Hall–Kier alpha value is -2.02. The topological polar surface area (TPSA) is 62.9 Å². The smallest absolute Gasteiger partial charge is 0.371 e. The number of anilines is 1. The molecule has 1 aliphatic heterocycles. The molecule has 0 bridgehead atoms. The fraction of sp³-hybridized carbons (Fsp3) is 0.286. The number of halogens is 2. The summed E-state index contributed by atoms with van der Waals surface area (Å²) in [5.41, 5.74) is 2.68. The molecule has 5 nitrogen and oxygen atoms in total. The van der Waals surface area contributed by atoms with Gasteiger partial charge in [0.05, 0.1) is 22.9 Å². The van der Waals surface area contributed by atoms with Gasteiger partial charge < -0.3 is 19.2 Å². The lowest BCUT2D eigenvalue weighted by molar-refractivity contribution is 0.0251. The van der Waals surface area contributed by atoms with E-state index < -0.39 is 5.97 Å². The second kappa shape index (κ2) is 8.15. The first-order valence-electron chi connectivity index (χ1n) is 9.07. The molecule has 0 amide bonds. The van der Waals surface area contributed by atoms with Crippen LogP contribution in [-0.2, 0) is 11.3 Å². The molecular formula is C21H19BrClNO4. The second-order valence-corrected chi connectivity index (χ2v) is 8.08. The molecule has 0 saturated carbocycles. The van der Waals surface area contributed by atoms with Gasteiger partial charge >= 0.3 is 5.97 Å². The molecule has 1 saturated heterocycles. The number of carboxylic acid groups (broad SMARTS) is 1. The van der Waals surface area contributed by atoms with Crippen LogP contribution in [0.15, 0.2) is 51.4 Å². The van der Waals surface area contributed by atoms with Gasteiger partial charge in [-0.2, -0.15) is 0 Å². The van der Waals surface area contributed by atoms with Gasteiger partial charge in [-0.05, 0) is 58.6 Å². The predicted molar refractivity (Wildman–Crippen MR) is 112 cm³/mol. The van der Waals surface area contributed by atoms with Crippen molar-refractivity contribution >= 4 is 50.2 Å². The fourth-order valence-electron chi connectivity index (χ4n) is 3.52. The zero-order chi connectivity index (χ0) is 19.7. The molecule has 1 aliphatic rings. The highest BCUT2D eigenvalue weighted by Crippen LogP contribution is 2.37. The minimum absolute atomic E-state index is 0.0547. The maximum absolute atomic E-state index is 11.1. The normalized spacial score (nSPS) is 15.3.